The van der Waals surface area contributed by atoms with Crippen LogP contribution in [0.5, 0.6) is 0 Å². The molecule has 0 saturated carbocycles. The summed E-state index contributed by atoms with van der Waals surface area (Å²) in [5, 5.41) is 11.8. The fraction of sp³-hybridized carbons (Fsp3) is 0.721. The number of Topliss-reactive ketones (excluding diaryl/α,β-unsaturated/α-hetero) is 2. The third kappa shape index (κ3) is 9.70. The molecule has 2 aromatic heterocycles. The van der Waals surface area contributed by atoms with Crippen LogP contribution in [0.1, 0.15) is 87.5 Å². The average molecular weight is 846 g/mol. The predicted octanol–water partition coefficient (Wildman–Crippen LogP) is 5.58. The lowest BCUT2D eigenvalue weighted by molar-refractivity contribution is -0.295. The van der Waals surface area contributed by atoms with Gasteiger partial charge in [-0.15, -0.1) is 0 Å². The van der Waals surface area contributed by atoms with Gasteiger partial charge >= 0.3 is 12.1 Å². The van der Waals surface area contributed by atoms with Gasteiger partial charge in [0.1, 0.15) is 29.1 Å². The number of nitrogens with zero attached hydrogens (tertiary/aromatic N) is 5. The highest BCUT2D eigenvalue weighted by atomic mass is 35.5. The highest BCUT2D eigenvalue weighted by Crippen LogP contribution is 2.43. The Morgan fingerprint density at radius 3 is 2.36 bits per heavy atom. The average Bonchev–Trinajstić information content (AvgIpc) is 3.77. The van der Waals surface area contributed by atoms with E-state index in [4.69, 9.17) is 35.3 Å². The van der Waals surface area contributed by atoms with Crippen LogP contribution in [0.15, 0.2) is 30.9 Å². The molecule has 3 fully saturated rings. The zero-order valence-electron chi connectivity index (χ0n) is 36.4. The number of ketones is 2. The molecule has 7 unspecified atom stereocenters. The van der Waals surface area contributed by atoms with Crippen LogP contribution in [0.3, 0.4) is 0 Å². The normalized spacial score (nSPS) is 36.3. The molecule has 16 heteroatoms. The number of carbonyl (C=O) groups is 4. The number of carbonyl (C=O) groups excluding carboxylic acids is 4. The van der Waals surface area contributed by atoms with E-state index in [1.165, 1.54) is 14.0 Å². The van der Waals surface area contributed by atoms with Crippen LogP contribution in [0.25, 0.3) is 11.3 Å². The molecule has 15 nitrogen and oxygen atoms in total. The molecule has 5 rings (SSSR count). The Balaban J connectivity index is 1.43. The van der Waals surface area contributed by atoms with Crippen LogP contribution in [-0.4, -0.2) is 135 Å². The highest BCUT2D eigenvalue weighted by molar-refractivity contribution is 6.32. The van der Waals surface area contributed by atoms with Crippen LogP contribution >= 0.6 is 11.6 Å². The topological polar surface area (TPSA) is 172 Å². The number of esters is 1. The van der Waals surface area contributed by atoms with Crippen LogP contribution in [-0.2, 0) is 44.6 Å². The Morgan fingerprint density at radius 1 is 1.02 bits per heavy atom. The van der Waals surface area contributed by atoms with Crippen molar-refractivity contribution in [3.05, 3.63) is 36.0 Å². The Bertz CT molecular complexity index is 1810. The van der Waals surface area contributed by atoms with E-state index in [0.29, 0.717) is 36.7 Å². The van der Waals surface area contributed by atoms with Gasteiger partial charge in [-0.1, -0.05) is 39.3 Å². The van der Waals surface area contributed by atoms with Crippen molar-refractivity contribution in [3.8, 4) is 11.3 Å². The SMILES string of the molecule is CCC1OC(=O)C(C)C(=O)C(C)[C@@H](OC2OC(C)CC(N(C)C)[C@H]2O)[C@@](C)(OC)C[C@@H](C)C(=O)[C@H](C)C2N(CCCCn3cnc(-c4cccnc4Cl)c3)C(=O)O[C@]12C. The number of likely N-dealkylation sites (N-methyl/N-ethyl adjacent to an activating group) is 1. The Kier molecular flexibility index (Phi) is 15.1. The number of imidazole rings is 1. The maximum atomic E-state index is 14.7. The Hall–Kier alpha value is -3.47. The van der Waals surface area contributed by atoms with Crippen molar-refractivity contribution in [1.82, 2.24) is 24.3 Å². The predicted molar refractivity (Wildman–Crippen MR) is 219 cm³/mol. The molecule has 59 heavy (non-hydrogen) atoms. The van der Waals surface area contributed by atoms with Crippen molar-refractivity contribution in [1.29, 1.82) is 0 Å². The number of amides is 1. The molecule has 1 amide bonds. The molecule has 1 N–H and O–H groups in total. The van der Waals surface area contributed by atoms with Crippen molar-refractivity contribution in [2.75, 3.05) is 27.7 Å². The first-order valence-corrected chi connectivity index (χ1v) is 21.3. The monoisotopic (exact) mass is 845 g/mol. The van der Waals surface area contributed by atoms with E-state index in [1.807, 2.05) is 49.7 Å². The Morgan fingerprint density at radius 2 is 1.71 bits per heavy atom. The fourth-order valence-corrected chi connectivity index (χ4v) is 9.70. The minimum Gasteiger partial charge on any atom is -0.458 e. The van der Waals surface area contributed by atoms with Gasteiger partial charge in [-0.3, -0.25) is 14.4 Å². The van der Waals surface area contributed by atoms with Crippen LogP contribution in [0.2, 0.25) is 5.15 Å². The molecule has 0 radical (unpaired) electrons. The number of halogens is 1. The molecule has 0 aliphatic carbocycles. The smallest absolute Gasteiger partial charge is 0.410 e. The van der Waals surface area contributed by atoms with Crippen molar-refractivity contribution >= 4 is 35.2 Å². The first kappa shape index (κ1) is 46.6. The summed E-state index contributed by atoms with van der Waals surface area (Å²) in [7, 11) is 5.23. The van der Waals surface area contributed by atoms with E-state index in [9.17, 15) is 24.3 Å². The number of aliphatic hydroxyl groups is 1. The van der Waals surface area contributed by atoms with Gasteiger partial charge < -0.3 is 43.2 Å². The van der Waals surface area contributed by atoms with Gasteiger partial charge in [0.15, 0.2) is 17.7 Å². The lowest BCUT2D eigenvalue weighted by Crippen LogP contribution is -2.60. The summed E-state index contributed by atoms with van der Waals surface area (Å²) in [4.78, 5) is 69.0. The van der Waals surface area contributed by atoms with E-state index in [-0.39, 0.29) is 37.3 Å². The molecule has 5 heterocycles. The van der Waals surface area contributed by atoms with Gasteiger partial charge in [0.2, 0.25) is 0 Å². The lowest BCUT2D eigenvalue weighted by Gasteiger charge is -2.47. The number of fused-ring (bicyclic) bond motifs is 1. The van der Waals surface area contributed by atoms with Crippen LogP contribution in [0, 0.1) is 23.7 Å². The van der Waals surface area contributed by atoms with Gasteiger partial charge in [0.25, 0.3) is 0 Å². The molecule has 328 valence electrons. The number of cyclic esters (lactones) is 1. The molecule has 2 aromatic rings. The van der Waals surface area contributed by atoms with Crippen molar-refractivity contribution < 1.29 is 48.0 Å². The number of hydrogen-bond donors (Lipinski definition) is 1. The number of aromatic nitrogens is 3. The number of hydrogen-bond acceptors (Lipinski definition) is 13. The molecular formula is C43H64ClN5O10. The van der Waals surface area contributed by atoms with E-state index in [0.717, 1.165) is 5.56 Å². The number of methoxy groups -OCH3 is 1. The van der Waals surface area contributed by atoms with Gasteiger partial charge in [0, 0.05) is 62.0 Å². The van der Waals surface area contributed by atoms with Gasteiger partial charge in [-0.25, -0.2) is 14.8 Å². The maximum absolute atomic E-state index is 14.7. The van der Waals surface area contributed by atoms with E-state index in [2.05, 4.69) is 9.97 Å². The number of unbranched alkanes of at least 4 members (excludes halogenated alkanes) is 1. The molecule has 3 aliphatic heterocycles. The fourth-order valence-electron chi connectivity index (χ4n) is 9.48. The number of pyridine rings is 1. The van der Waals surface area contributed by atoms with Gasteiger partial charge in [-0.2, -0.15) is 0 Å². The second-order valence-electron chi connectivity index (χ2n) is 17.4. The first-order valence-electron chi connectivity index (χ1n) is 20.9. The summed E-state index contributed by atoms with van der Waals surface area (Å²) < 4.78 is 33.2. The summed E-state index contributed by atoms with van der Waals surface area (Å²) in [6.45, 7) is 14.8. The number of aryl methyl sites for hydroxylation is 1. The summed E-state index contributed by atoms with van der Waals surface area (Å²) in [6.07, 6.45) is 2.35. The minimum atomic E-state index is -1.42. The van der Waals surface area contributed by atoms with E-state index >= 15 is 0 Å². The van der Waals surface area contributed by atoms with Gasteiger partial charge in [0.05, 0.1) is 35.9 Å². The van der Waals surface area contributed by atoms with Crippen molar-refractivity contribution in [2.24, 2.45) is 23.7 Å². The van der Waals surface area contributed by atoms with Crippen molar-refractivity contribution in [2.45, 2.75) is 148 Å². The third-order valence-electron chi connectivity index (χ3n) is 12.9. The summed E-state index contributed by atoms with van der Waals surface area (Å²) in [5.74, 6) is -5.02. The number of ether oxygens (including phenoxy) is 5. The standard InChI is InChI=1S/C43H64ClN5O10/c1-12-32-43(8)36(49(41(54)59-43)19-14-13-18-48-22-30(46-23-48)29-16-15-17-45-38(29)44)26(4)33(50)24(2)21-42(7,55-11)37(27(5)34(51)28(6)39(53)57-32)58-40-35(52)31(47(9)10)20-25(3)56-40/h15-17,22-28,31-32,35-37,40,52H,12-14,18-21H2,1-11H3/t24-,25?,26+,27?,28?,31?,32?,35-,36?,37-,40?,42+,43-/m1/s1. The third-order valence-corrected chi connectivity index (χ3v) is 13.2. The molecule has 3 aliphatic rings. The van der Waals surface area contributed by atoms with Crippen LogP contribution in [0.4, 0.5) is 4.79 Å². The number of rotatable bonds is 11. The summed E-state index contributed by atoms with van der Waals surface area (Å²) in [6, 6.07) is 2.56. The molecule has 13 atom stereocenters. The largest absolute Gasteiger partial charge is 0.458 e. The molecule has 0 bridgehead atoms. The van der Waals surface area contributed by atoms with E-state index < -0.39 is 83.4 Å². The van der Waals surface area contributed by atoms with Crippen LogP contribution < -0.4 is 0 Å². The summed E-state index contributed by atoms with van der Waals surface area (Å²) in [5.41, 5.74) is -1.27. The van der Waals surface area contributed by atoms with Gasteiger partial charge in [-0.05, 0) is 86.0 Å². The second kappa shape index (κ2) is 19.1. The molecule has 0 spiro atoms. The Labute approximate surface area is 353 Å². The zero-order valence-corrected chi connectivity index (χ0v) is 37.2. The summed E-state index contributed by atoms with van der Waals surface area (Å²) >= 11 is 6.28. The zero-order chi connectivity index (χ0) is 43.6. The van der Waals surface area contributed by atoms with Crippen molar-refractivity contribution in [3.63, 3.8) is 0 Å². The second-order valence-corrected chi connectivity index (χ2v) is 17.8. The minimum absolute atomic E-state index is 0.121. The lowest BCUT2D eigenvalue weighted by atomic mass is 9.73. The highest BCUT2D eigenvalue weighted by Gasteiger charge is 2.60. The first-order chi connectivity index (χ1) is 27.8. The molecular weight excluding hydrogens is 782 g/mol. The maximum Gasteiger partial charge on any atom is 0.410 e. The van der Waals surface area contributed by atoms with E-state index in [1.54, 1.807) is 58.1 Å². The number of aliphatic hydroxyl groups excluding tert-OH is 1. The quantitative estimate of drug-likeness (QED) is 0.129. The molecule has 0 aromatic carbocycles. The molecule has 3 saturated heterocycles.